The Kier molecular flexibility index (Phi) is 6.21. The topological polar surface area (TPSA) is 104 Å². The number of thioether (sulfide) groups is 1. The normalized spacial score (nSPS) is 11.7. The van der Waals surface area contributed by atoms with Crippen LogP contribution >= 0.6 is 11.8 Å². The first-order chi connectivity index (χ1) is 11.5. The van der Waals surface area contributed by atoms with Gasteiger partial charge in [0.25, 0.3) is 0 Å². The molecule has 7 nitrogen and oxygen atoms in total. The number of benzene rings is 1. The van der Waals surface area contributed by atoms with Gasteiger partial charge in [-0.1, -0.05) is 31.2 Å². The highest BCUT2D eigenvalue weighted by molar-refractivity contribution is 8.00. The Labute approximate surface area is 144 Å². The van der Waals surface area contributed by atoms with E-state index in [0.29, 0.717) is 23.0 Å². The molecule has 0 spiro atoms. The second-order valence-corrected chi connectivity index (χ2v) is 6.57. The quantitative estimate of drug-likeness (QED) is 0.750. The van der Waals surface area contributed by atoms with Crippen LogP contribution in [0.15, 0.2) is 34.2 Å². The molecule has 8 heteroatoms. The number of nitrogens with zero attached hydrogens (tertiary/aromatic N) is 3. The van der Waals surface area contributed by atoms with Crippen molar-refractivity contribution in [1.82, 2.24) is 14.8 Å². The van der Waals surface area contributed by atoms with Crippen molar-refractivity contribution < 1.29 is 4.79 Å². The van der Waals surface area contributed by atoms with Crippen molar-refractivity contribution in [3.63, 3.8) is 0 Å². The van der Waals surface area contributed by atoms with Crippen LogP contribution in [0.5, 0.6) is 0 Å². The molecule has 0 radical (unpaired) electrons. The van der Waals surface area contributed by atoms with Crippen molar-refractivity contribution in [3.05, 3.63) is 40.3 Å². The molecule has 1 aromatic carbocycles. The zero-order chi connectivity index (χ0) is 17.5. The zero-order valence-electron chi connectivity index (χ0n) is 13.6. The maximum absolute atomic E-state index is 12.3. The van der Waals surface area contributed by atoms with Crippen LogP contribution in [0.3, 0.4) is 0 Å². The molecule has 0 fully saturated rings. The predicted molar refractivity (Wildman–Crippen MR) is 92.9 cm³/mol. The van der Waals surface area contributed by atoms with Crippen LogP contribution in [0.2, 0.25) is 0 Å². The SMILES string of the molecule is CCCCn1c(SC(C)C(=O)Nc2cccc(C#N)c2)n[nH]c1=O. The Morgan fingerprint density at radius 3 is 3.04 bits per heavy atom. The molecule has 1 unspecified atom stereocenters. The lowest BCUT2D eigenvalue weighted by Crippen LogP contribution is -2.24. The van der Waals surface area contributed by atoms with E-state index in [1.807, 2.05) is 13.0 Å². The first-order valence-electron chi connectivity index (χ1n) is 7.68. The highest BCUT2D eigenvalue weighted by atomic mass is 32.2. The van der Waals surface area contributed by atoms with Gasteiger partial charge >= 0.3 is 5.69 Å². The fraction of sp³-hybridized carbons (Fsp3) is 0.375. The van der Waals surface area contributed by atoms with E-state index in [4.69, 9.17) is 5.26 Å². The Morgan fingerprint density at radius 1 is 1.54 bits per heavy atom. The number of hydrogen-bond donors (Lipinski definition) is 2. The molecule has 2 aromatic rings. The number of carbonyl (C=O) groups is 1. The minimum atomic E-state index is -0.439. The molecule has 0 saturated heterocycles. The predicted octanol–water partition coefficient (Wildman–Crippen LogP) is 2.36. The highest BCUT2D eigenvalue weighted by Crippen LogP contribution is 2.21. The minimum absolute atomic E-state index is 0.215. The summed E-state index contributed by atoms with van der Waals surface area (Å²) in [5.41, 5.74) is 0.783. The van der Waals surface area contributed by atoms with Crippen LogP contribution in [0.4, 0.5) is 5.69 Å². The van der Waals surface area contributed by atoms with E-state index in [0.717, 1.165) is 12.8 Å². The van der Waals surface area contributed by atoms with Crippen molar-refractivity contribution in [2.45, 2.75) is 43.6 Å². The molecule has 0 aliphatic rings. The van der Waals surface area contributed by atoms with Crippen LogP contribution in [0, 0.1) is 11.3 Å². The van der Waals surface area contributed by atoms with Crippen molar-refractivity contribution in [3.8, 4) is 6.07 Å². The number of aromatic amines is 1. The standard InChI is InChI=1S/C16H19N5O2S/c1-3-4-8-21-15(23)19-20-16(21)24-11(2)14(22)18-13-7-5-6-12(9-13)10-17/h5-7,9,11H,3-4,8H2,1-2H3,(H,18,22)(H,19,23). The van der Waals surface area contributed by atoms with Crippen LogP contribution in [-0.4, -0.2) is 25.9 Å². The summed E-state index contributed by atoms with van der Waals surface area (Å²) < 4.78 is 1.55. The third kappa shape index (κ3) is 4.49. The average molecular weight is 345 g/mol. The molecule has 1 heterocycles. The Bertz CT molecular complexity index is 805. The van der Waals surface area contributed by atoms with E-state index in [9.17, 15) is 9.59 Å². The van der Waals surface area contributed by atoms with Gasteiger partial charge in [-0.05, 0) is 31.5 Å². The Balaban J connectivity index is 2.04. The van der Waals surface area contributed by atoms with Crippen LogP contribution in [0.25, 0.3) is 0 Å². The Morgan fingerprint density at radius 2 is 2.33 bits per heavy atom. The van der Waals surface area contributed by atoms with Crippen molar-refractivity contribution in [1.29, 1.82) is 5.26 Å². The summed E-state index contributed by atoms with van der Waals surface area (Å²) >= 11 is 1.22. The smallest absolute Gasteiger partial charge is 0.325 e. The molecule has 1 atom stereocenters. The number of rotatable bonds is 7. The van der Waals surface area contributed by atoms with Gasteiger partial charge in [0.2, 0.25) is 5.91 Å². The third-order valence-corrected chi connectivity index (χ3v) is 4.46. The van der Waals surface area contributed by atoms with Crippen LogP contribution < -0.4 is 11.0 Å². The molecule has 2 N–H and O–H groups in total. The highest BCUT2D eigenvalue weighted by Gasteiger charge is 2.19. The molecule has 1 amide bonds. The van der Waals surface area contributed by atoms with Gasteiger partial charge < -0.3 is 5.32 Å². The van der Waals surface area contributed by atoms with Gasteiger partial charge in [0, 0.05) is 12.2 Å². The average Bonchev–Trinajstić information content (AvgIpc) is 2.92. The lowest BCUT2D eigenvalue weighted by Gasteiger charge is -2.12. The lowest BCUT2D eigenvalue weighted by atomic mass is 10.2. The summed E-state index contributed by atoms with van der Waals surface area (Å²) in [4.78, 5) is 24.1. The fourth-order valence-electron chi connectivity index (χ4n) is 2.03. The first-order valence-corrected chi connectivity index (χ1v) is 8.56. The van der Waals surface area contributed by atoms with Gasteiger partial charge in [-0.25, -0.2) is 9.89 Å². The number of hydrogen-bond acceptors (Lipinski definition) is 5. The van der Waals surface area contributed by atoms with Gasteiger partial charge in [-0.3, -0.25) is 9.36 Å². The summed E-state index contributed by atoms with van der Waals surface area (Å²) in [5, 5.41) is 18.1. The number of H-pyrrole nitrogens is 1. The molecule has 0 bridgehead atoms. The maximum Gasteiger partial charge on any atom is 0.343 e. The molecule has 0 aliphatic carbocycles. The number of anilines is 1. The first kappa shape index (κ1) is 17.8. The molecule has 0 aliphatic heterocycles. The fourth-order valence-corrected chi connectivity index (χ4v) is 2.91. The summed E-state index contributed by atoms with van der Waals surface area (Å²) in [7, 11) is 0. The molecule has 24 heavy (non-hydrogen) atoms. The van der Waals surface area contributed by atoms with E-state index >= 15 is 0 Å². The summed E-state index contributed by atoms with van der Waals surface area (Å²) in [5.74, 6) is -0.215. The Hall–Kier alpha value is -2.53. The lowest BCUT2D eigenvalue weighted by molar-refractivity contribution is -0.115. The van der Waals surface area contributed by atoms with Gasteiger partial charge in [0.1, 0.15) is 0 Å². The van der Waals surface area contributed by atoms with Crippen molar-refractivity contribution >= 4 is 23.4 Å². The van der Waals surface area contributed by atoms with Gasteiger partial charge in [0.05, 0.1) is 16.9 Å². The largest absolute Gasteiger partial charge is 0.343 e. The molecular formula is C16H19N5O2S. The molecule has 0 saturated carbocycles. The number of nitrogens with one attached hydrogen (secondary N) is 2. The van der Waals surface area contributed by atoms with Gasteiger partial charge in [0.15, 0.2) is 5.16 Å². The van der Waals surface area contributed by atoms with E-state index in [1.54, 1.807) is 35.8 Å². The van der Waals surface area contributed by atoms with Gasteiger partial charge in [-0.15, -0.1) is 5.10 Å². The van der Waals surface area contributed by atoms with E-state index < -0.39 is 5.25 Å². The number of amides is 1. The maximum atomic E-state index is 12.3. The second kappa shape index (κ2) is 8.36. The molecule has 2 rings (SSSR count). The van der Waals surface area contributed by atoms with Crippen molar-refractivity contribution in [2.24, 2.45) is 0 Å². The summed E-state index contributed by atoms with van der Waals surface area (Å²) in [6, 6.07) is 8.75. The monoisotopic (exact) mass is 345 g/mol. The number of nitriles is 1. The van der Waals surface area contributed by atoms with E-state index in [2.05, 4.69) is 15.5 Å². The number of unbranched alkanes of at least 4 members (excludes halogenated alkanes) is 1. The van der Waals surface area contributed by atoms with Gasteiger partial charge in [-0.2, -0.15) is 5.26 Å². The third-order valence-electron chi connectivity index (χ3n) is 3.37. The van der Waals surface area contributed by atoms with Crippen LogP contribution in [-0.2, 0) is 11.3 Å². The second-order valence-electron chi connectivity index (χ2n) is 5.26. The molecule has 126 valence electrons. The summed E-state index contributed by atoms with van der Waals surface area (Å²) in [6.45, 7) is 4.37. The van der Waals surface area contributed by atoms with Crippen LogP contribution in [0.1, 0.15) is 32.3 Å². The van der Waals surface area contributed by atoms with E-state index in [1.165, 1.54) is 11.8 Å². The van der Waals surface area contributed by atoms with E-state index in [-0.39, 0.29) is 11.6 Å². The minimum Gasteiger partial charge on any atom is -0.325 e. The van der Waals surface area contributed by atoms with Crippen molar-refractivity contribution in [2.75, 3.05) is 5.32 Å². The number of carbonyl (C=O) groups excluding carboxylic acids is 1. The summed E-state index contributed by atoms with van der Waals surface area (Å²) in [6.07, 6.45) is 1.83. The zero-order valence-corrected chi connectivity index (χ0v) is 14.4. The molecular weight excluding hydrogens is 326 g/mol. The number of aromatic nitrogens is 3. The molecule has 1 aromatic heterocycles.